The molecule has 0 saturated carbocycles. The molecule has 1 aliphatic rings. The second kappa shape index (κ2) is 8.17. The molecule has 3 rings (SSSR count). The number of rotatable bonds is 6. The molecule has 0 aliphatic heterocycles. The van der Waals surface area contributed by atoms with E-state index >= 15 is 0 Å². The maximum Gasteiger partial charge on any atom is 0.348 e. The number of fused-ring (bicyclic) bond motifs is 1. The average Bonchev–Trinajstić information content (AvgIpc) is 3.08. The topological polar surface area (TPSA) is 43.4 Å². The number of benzene rings is 1. The van der Waals surface area contributed by atoms with Crippen LogP contribution >= 0.6 is 11.3 Å². The highest BCUT2D eigenvalue weighted by Crippen LogP contribution is 2.32. The molecular weight excluding hydrogens is 344 g/mol. The number of esters is 1. The van der Waals surface area contributed by atoms with Crippen LogP contribution in [0, 0.1) is 5.92 Å². The number of ketones is 1. The van der Waals surface area contributed by atoms with E-state index in [1.54, 1.807) is 0 Å². The van der Waals surface area contributed by atoms with Crippen LogP contribution in [0.4, 0.5) is 0 Å². The standard InChI is InChI=1S/C22H26O3S/c1-4-15-7-8-16(5-2)18(11-15)19(23)13-25-22(24)21-12-17-10-14(3)6-9-20(17)26-21/h7-8,11-12,14H,4-6,9-10,13H2,1-3H3/t14-/m1/s1. The summed E-state index contributed by atoms with van der Waals surface area (Å²) in [6.45, 7) is 6.14. The Morgan fingerprint density at radius 1 is 1.19 bits per heavy atom. The van der Waals surface area contributed by atoms with E-state index in [4.69, 9.17) is 4.74 Å². The first-order valence-corrected chi connectivity index (χ1v) is 10.3. The van der Waals surface area contributed by atoms with Crippen molar-refractivity contribution in [2.75, 3.05) is 6.61 Å². The normalized spacial score (nSPS) is 16.2. The summed E-state index contributed by atoms with van der Waals surface area (Å²) in [5.41, 5.74) is 4.08. The van der Waals surface area contributed by atoms with E-state index in [0.717, 1.165) is 36.8 Å². The molecule has 1 aromatic carbocycles. The van der Waals surface area contributed by atoms with Gasteiger partial charge in [-0.15, -0.1) is 11.3 Å². The van der Waals surface area contributed by atoms with Crippen LogP contribution in [-0.2, 0) is 30.4 Å². The SMILES string of the molecule is CCc1ccc(CC)c(C(=O)COC(=O)c2cc3c(s2)CC[C@@H](C)C3)c1. The molecule has 0 amide bonds. The molecule has 0 fully saturated rings. The molecular formula is C22H26O3S. The molecule has 0 radical (unpaired) electrons. The number of carbonyl (C=O) groups is 2. The molecule has 0 saturated heterocycles. The second-order valence-electron chi connectivity index (χ2n) is 7.10. The van der Waals surface area contributed by atoms with Gasteiger partial charge < -0.3 is 4.74 Å². The Labute approximate surface area is 159 Å². The van der Waals surface area contributed by atoms with Gasteiger partial charge >= 0.3 is 5.97 Å². The molecule has 1 aromatic heterocycles. The van der Waals surface area contributed by atoms with Gasteiger partial charge in [-0.1, -0.05) is 32.9 Å². The predicted octanol–water partition coefficient (Wildman–Crippen LogP) is 5.04. The Bertz CT molecular complexity index is 819. The Hall–Kier alpha value is -1.94. The van der Waals surface area contributed by atoms with Crippen LogP contribution in [0.1, 0.15) is 68.8 Å². The number of hydrogen-bond acceptors (Lipinski definition) is 4. The molecule has 3 nitrogen and oxygen atoms in total. The molecule has 1 aliphatic carbocycles. The van der Waals surface area contributed by atoms with Crippen molar-refractivity contribution in [3.05, 3.63) is 56.3 Å². The highest BCUT2D eigenvalue weighted by molar-refractivity contribution is 7.14. The van der Waals surface area contributed by atoms with Gasteiger partial charge in [0.1, 0.15) is 4.88 Å². The first-order valence-electron chi connectivity index (χ1n) is 9.45. The zero-order chi connectivity index (χ0) is 18.7. The highest BCUT2D eigenvalue weighted by Gasteiger charge is 2.22. The van der Waals surface area contributed by atoms with Gasteiger partial charge in [-0.25, -0.2) is 4.79 Å². The van der Waals surface area contributed by atoms with Crippen LogP contribution in [0.15, 0.2) is 24.3 Å². The van der Waals surface area contributed by atoms with E-state index in [1.165, 1.54) is 28.2 Å². The van der Waals surface area contributed by atoms with Crippen molar-refractivity contribution in [2.24, 2.45) is 5.92 Å². The Kier molecular flexibility index (Phi) is 5.92. The van der Waals surface area contributed by atoms with Crippen LogP contribution in [0.5, 0.6) is 0 Å². The van der Waals surface area contributed by atoms with Crippen LogP contribution in [0.2, 0.25) is 0 Å². The van der Waals surface area contributed by atoms with E-state index in [2.05, 4.69) is 19.9 Å². The van der Waals surface area contributed by atoms with Gasteiger partial charge in [0.15, 0.2) is 6.61 Å². The number of aryl methyl sites for hydroxylation is 3. The minimum absolute atomic E-state index is 0.125. The Morgan fingerprint density at radius 3 is 2.73 bits per heavy atom. The van der Waals surface area contributed by atoms with Gasteiger partial charge in [0.2, 0.25) is 5.78 Å². The average molecular weight is 371 g/mol. The number of Topliss-reactive ketones (excluding diaryl/α,β-unsaturated/α-hetero) is 1. The molecule has 4 heteroatoms. The third-order valence-corrected chi connectivity index (χ3v) is 6.35. The third kappa shape index (κ3) is 4.07. The lowest BCUT2D eigenvalue weighted by molar-refractivity contribution is 0.0479. The molecule has 0 N–H and O–H groups in total. The van der Waals surface area contributed by atoms with E-state index < -0.39 is 0 Å². The lowest BCUT2D eigenvalue weighted by Gasteiger charge is -2.16. The fraction of sp³-hybridized carbons (Fsp3) is 0.455. The minimum atomic E-state index is -0.380. The van der Waals surface area contributed by atoms with Crippen molar-refractivity contribution in [3.8, 4) is 0 Å². The molecule has 138 valence electrons. The summed E-state index contributed by atoms with van der Waals surface area (Å²) in [6.07, 6.45) is 4.91. The van der Waals surface area contributed by atoms with Gasteiger partial charge in [0, 0.05) is 10.4 Å². The zero-order valence-electron chi connectivity index (χ0n) is 15.8. The summed E-state index contributed by atoms with van der Waals surface area (Å²) in [5.74, 6) is 0.163. The Balaban J connectivity index is 1.67. The van der Waals surface area contributed by atoms with E-state index in [9.17, 15) is 9.59 Å². The lowest BCUT2D eigenvalue weighted by atomic mass is 9.90. The third-order valence-electron chi connectivity index (χ3n) is 5.13. The summed E-state index contributed by atoms with van der Waals surface area (Å²) in [4.78, 5) is 26.9. The van der Waals surface area contributed by atoms with Crippen LogP contribution in [0.25, 0.3) is 0 Å². The number of hydrogen-bond donors (Lipinski definition) is 0. The summed E-state index contributed by atoms with van der Waals surface area (Å²) in [5, 5.41) is 0. The van der Waals surface area contributed by atoms with Crippen molar-refractivity contribution >= 4 is 23.1 Å². The zero-order valence-corrected chi connectivity index (χ0v) is 16.6. The number of thiophene rings is 1. The molecule has 26 heavy (non-hydrogen) atoms. The van der Waals surface area contributed by atoms with E-state index in [-0.39, 0.29) is 18.4 Å². The summed E-state index contributed by atoms with van der Waals surface area (Å²) >= 11 is 1.52. The molecule has 0 spiro atoms. The lowest BCUT2D eigenvalue weighted by Crippen LogP contribution is -2.15. The first kappa shape index (κ1) is 18.8. The molecule has 2 aromatic rings. The van der Waals surface area contributed by atoms with Crippen LogP contribution in [-0.4, -0.2) is 18.4 Å². The minimum Gasteiger partial charge on any atom is -0.453 e. The van der Waals surface area contributed by atoms with Crippen molar-refractivity contribution in [3.63, 3.8) is 0 Å². The van der Waals surface area contributed by atoms with Crippen molar-refractivity contribution in [1.82, 2.24) is 0 Å². The fourth-order valence-corrected chi connectivity index (χ4v) is 4.60. The van der Waals surface area contributed by atoms with Gasteiger partial charge in [-0.2, -0.15) is 0 Å². The van der Waals surface area contributed by atoms with Crippen molar-refractivity contribution < 1.29 is 14.3 Å². The Morgan fingerprint density at radius 2 is 2.00 bits per heavy atom. The van der Waals surface area contributed by atoms with Gasteiger partial charge in [-0.05, 0) is 66.8 Å². The predicted molar refractivity (Wildman–Crippen MR) is 105 cm³/mol. The maximum absolute atomic E-state index is 12.6. The quantitative estimate of drug-likeness (QED) is 0.529. The van der Waals surface area contributed by atoms with Crippen LogP contribution in [0.3, 0.4) is 0 Å². The maximum atomic E-state index is 12.6. The van der Waals surface area contributed by atoms with Gasteiger partial charge in [0.25, 0.3) is 0 Å². The molecule has 1 heterocycles. The summed E-state index contributed by atoms with van der Waals surface area (Å²) in [6, 6.07) is 7.94. The fourth-order valence-electron chi connectivity index (χ4n) is 3.50. The molecule has 1 atom stereocenters. The summed E-state index contributed by atoms with van der Waals surface area (Å²) < 4.78 is 5.34. The van der Waals surface area contributed by atoms with Crippen molar-refractivity contribution in [1.29, 1.82) is 0 Å². The smallest absolute Gasteiger partial charge is 0.348 e. The monoisotopic (exact) mass is 370 g/mol. The van der Waals surface area contributed by atoms with E-state index in [1.807, 2.05) is 25.1 Å². The van der Waals surface area contributed by atoms with Gasteiger partial charge in [0.05, 0.1) is 0 Å². The van der Waals surface area contributed by atoms with Gasteiger partial charge in [-0.3, -0.25) is 4.79 Å². The van der Waals surface area contributed by atoms with Crippen molar-refractivity contribution in [2.45, 2.75) is 52.9 Å². The second-order valence-corrected chi connectivity index (χ2v) is 8.24. The number of ether oxygens (including phenoxy) is 1. The molecule has 0 unspecified atom stereocenters. The van der Waals surface area contributed by atoms with E-state index in [0.29, 0.717) is 16.4 Å². The summed E-state index contributed by atoms with van der Waals surface area (Å²) in [7, 11) is 0. The first-order chi connectivity index (χ1) is 12.5. The largest absolute Gasteiger partial charge is 0.453 e. The van der Waals surface area contributed by atoms with Crippen LogP contribution < -0.4 is 0 Å². The highest BCUT2D eigenvalue weighted by atomic mass is 32.1. The number of carbonyl (C=O) groups excluding carboxylic acids is 2. The molecule has 0 bridgehead atoms.